The van der Waals surface area contributed by atoms with E-state index in [1.165, 1.54) is 0 Å². The number of rotatable bonds is 7. The van der Waals surface area contributed by atoms with E-state index in [1.54, 1.807) is 24.3 Å². The van der Waals surface area contributed by atoms with Crippen LogP contribution in [-0.4, -0.2) is 55.4 Å². The molecule has 0 atom stereocenters. The Labute approximate surface area is 159 Å². The monoisotopic (exact) mass is 370 g/mol. The summed E-state index contributed by atoms with van der Waals surface area (Å²) in [7, 11) is 0. The minimum Gasteiger partial charge on any atom is -0.508 e. The third-order valence-electron chi connectivity index (χ3n) is 4.60. The molecular formula is C20H26N4O3. The molecule has 1 fully saturated rings. The summed E-state index contributed by atoms with van der Waals surface area (Å²) >= 11 is 0. The van der Waals surface area contributed by atoms with Crippen LogP contribution in [-0.2, 0) is 0 Å². The highest BCUT2D eigenvalue weighted by Crippen LogP contribution is 2.20. The van der Waals surface area contributed by atoms with Gasteiger partial charge in [0.2, 0.25) is 0 Å². The van der Waals surface area contributed by atoms with Crippen molar-refractivity contribution in [2.75, 3.05) is 49.5 Å². The highest BCUT2D eigenvalue weighted by Gasteiger charge is 2.16. The van der Waals surface area contributed by atoms with Crippen LogP contribution in [0.5, 0.6) is 11.5 Å². The number of anilines is 2. The number of aromatic hydroxyl groups is 1. The summed E-state index contributed by atoms with van der Waals surface area (Å²) in [5, 5.41) is 11.9. The molecule has 144 valence electrons. The van der Waals surface area contributed by atoms with Crippen LogP contribution in [0.2, 0.25) is 0 Å². The first-order chi connectivity index (χ1) is 13.1. The van der Waals surface area contributed by atoms with E-state index in [9.17, 15) is 9.90 Å². The van der Waals surface area contributed by atoms with E-state index in [-0.39, 0.29) is 0 Å². The van der Waals surface area contributed by atoms with Crippen molar-refractivity contribution >= 4 is 17.4 Å². The number of hydrogen-bond acceptors (Lipinski definition) is 5. The zero-order valence-electron chi connectivity index (χ0n) is 15.3. The summed E-state index contributed by atoms with van der Waals surface area (Å²) < 4.78 is 5.75. The highest BCUT2D eigenvalue weighted by atomic mass is 16.5. The minimum atomic E-state index is -0.575. The fourth-order valence-electron chi connectivity index (χ4n) is 3.15. The van der Waals surface area contributed by atoms with Crippen molar-refractivity contribution in [1.29, 1.82) is 0 Å². The van der Waals surface area contributed by atoms with Crippen molar-refractivity contribution in [3.8, 4) is 11.5 Å². The molecule has 0 bridgehead atoms. The highest BCUT2D eigenvalue weighted by molar-refractivity contribution is 5.87. The van der Waals surface area contributed by atoms with Gasteiger partial charge in [-0.2, -0.15) is 0 Å². The third kappa shape index (κ3) is 5.79. The van der Waals surface area contributed by atoms with Crippen molar-refractivity contribution in [2.45, 2.75) is 6.42 Å². The van der Waals surface area contributed by atoms with Gasteiger partial charge in [0.05, 0.1) is 6.61 Å². The van der Waals surface area contributed by atoms with Crippen LogP contribution in [0.4, 0.5) is 16.2 Å². The number of urea groups is 1. The summed E-state index contributed by atoms with van der Waals surface area (Å²) in [6.45, 7) is 5.67. The van der Waals surface area contributed by atoms with Gasteiger partial charge in [-0.1, -0.05) is 0 Å². The van der Waals surface area contributed by atoms with Gasteiger partial charge in [0.1, 0.15) is 11.5 Å². The van der Waals surface area contributed by atoms with Crippen LogP contribution in [0.15, 0.2) is 48.5 Å². The van der Waals surface area contributed by atoms with Crippen LogP contribution < -0.4 is 20.7 Å². The Hall–Kier alpha value is -2.93. The number of piperazine rings is 1. The molecule has 4 N–H and O–H groups in total. The molecule has 0 spiro atoms. The van der Waals surface area contributed by atoms with Gasteiger partial charge in [0.15, 0.2) is 0 Å². The van der Waals surface area contributed by atoms with E-state index in [2.05, 4.69) is 15.1 Å². The van der Waals surface area contributed by atoms with Crippen molar-refractivity contribution < 1.29 is 14.6 Å². The second-order valence-corrected chi connectivity index (χ2v) is 6.56. The number of hydrogen-bond donors (Lipinski definition) is 3. The summed E-state index contributed by atoms with van der Waals surface area (Å²) in [4.78, 5) is 15.6. The molecule has 1 saturated heterocycles. The van der Waals surface area contributed by atoms with Gasteiger partial charge < -0.3 is 25.8 Å². The number of primary amides is 1. The van der Waals surface area contributed by atoms with Gasteiger partial charge in [-0.3, -0.25) is 4.90 Å². The van der Waals surface area contributed by atoms with E-state index >= 15 is 0 Å². The number of nitrogens with two attached hydrogens (primary N) is 1. The molecule has 27 heavy (non-hydrogen) atoms. The average Bonchev–Trinajstić information content (AvgIpc) is 2.67. The van der Waals surface area contributed by atoms with E-state index in [0.29, 0.717) is 18.0 Å². The molecule has 7 nitrogen and oxygen atoms in total. The first-order valence-corrected chi connectivity index (χ1v) is 9.16. The molecule has 3 rings (SSSR count). The second-order valence-electron chi connectivity index (χ2n) is 6.56. The van der Waals surface area contributed by atoms with E-state index in [1.807, 2.05) is 24.3 Å². The standard InChI is InChI=1S/C20H26N4O3/c21-20(26)22-16-2-8-19(9-3-16)27-15-1-10-23-11-13-24(14-12-23)17-4-6-18(25)7-5-17/h2-9,25H,1,10-15H2,(H3,21,22,26). The van der Waals surface area contributed by atoms with E-state index < -0.39 is 6.03 Å². The summed E-state index contributed by atoms with van der Waals surface area (Å²) in [6.07, 6.45) is 0.959. The molecule has 1 aliphatic heterocycles. The van der Waals surface area contributed by atoms with Crippen molar-refractivity contribution in [1.82, 2.24) is 4.90 Å². The lowest BCUT2D eigenvalue weighted by atomic mass is 10.2. The number of amides is 2. The topological polar surface area (TPSA) is 91.1 Å². The van der Waals surface area contributed by atoms with Crippen LogP contribution in [0.1, 0.15) is 6.42 Å². The van der Waals surface area contributed by atoms with Crippen LogP contribution in [0.3, 0.4) is 0 Å². The van der Waals surface area contributed by atoms with Gasteiger partial charge in [0.25, 0.3) is 0 Å². The van der Waals surface area contributed by atoms with Crippen molar-refractivity contribution in [2.24, 2.45) is 5.73 Å². The van der Waals surface area contributed by atoms with Gasteiger partial charge in [0, 0.05) is 44.1 Å². The molecule has 0 aliphatic carbocycles. The van der Waals surface area contributed by atoms with Crippen LogP contribution >= 0.6 is 0 Å². The number of benzene rings is 2. The molecule has 2 aromatic carbocycles. The fourth-order valence-corrected chi connectivity index (χ4v) is 3.15. The van der Waals surface area contributed by atoms with Crippen molar-refractivity contribution in [3.63, 3.8) is 0 Å². The quantitative estimate of drug-likeness (QED) is 0.652. The Kier molecular flexibility index (Phi) is 6.38. The largest absolute Gasteiger partial charge is 0.508 e. The SMILES string of the molecule is NC(=O)Nc1ccc(OCCCN2CCN(c3ccc(O)cc3)CC2)cc1. The van der Waals surface area contributed by atoms with Gasteiger partial charge >= 0.3 is 6.03 Å². The lowest BCUT2D eigenvalue weighted by Gasteiger charge is -2.36. The molecule has 2 aromatic rings. The predicted molar refractivity (Wildman–Crippen MR) is 107 cm³/mol. The smallest absolute Gasteiger partial charge is 0.316 e. The first-order valence-electron chi connectivity index (χ1n) is 9.16. The Morgan fingerprint density at radius 3 is 2.33 bits per heavy atom. The van der Waals surface area contributed by atoms with E-state index in [4.69, 9.17) is 10.5 Å². The Bertz CT molecular complexity index is 726. The average molecular weight is 370 g/mol. The maximum absolute atomic E-state index is 10.8. The fraction of sp³-hybridized carbons (Fsp3) is 0.350. The molecule has 2 amide bonds. The third-order valence-corrected chi connectivity index (χ3v) is 4.60. The number of nitrogens with zero attached hydrogens (tertiary/aromatic N) is 2. The molecule has 0 unspecified atom stereocenters. The zero-order chi connectivity index (χ0) is 19.1. The summed E-state index contributed by atoms with van der Waals surface area (Å²) in [6, 6.07) is 14.0. The van der Waals surface area contributed by atoms with Crippen LogP contribution in [0.25, 0.3) is 0 Å². The normalized spacial score (nSPS) is 14.7. The molecular weight excluding hydrogens is 344 g/mol. The maximum Gasteiger partial charge on any atom is 0.316 e. The number of phenols is 1. The number of carbonyl (C=O) groups excluding carboxylic acids is 1. The molecule has 0 radical (unpaired) electrons. The summed E-state index contributed by atoms with van der Waals surface area (Å²) in [5.41, 5.74) is 6.89. The number of carbonyl (C=O) groups is 1. The Morgan fingerprint density at radius 2 is 1.70 bits per heavy atom. The number of nitrogens with one attached hydrogen (secondary N) is 1. The lowest BCUT2D eigenvalue weighted by Crippen LogP contribution is -2.46. The second kappa shape index (κ2) is 9.14. The van der Waals surface area contributed by atoms with E-state index in [0.717, 1.165) is 50.6 Å². The molecule has 0 aromatic heterocycles. The minimum absolute atomic E-state index is 0.302. The number of ether oxygens (including phenoxy) is 1. The van der Waals surface area contributed by atoms with Gasteiger partial charge in [-0.05, 0) is 55.0 Å². The maximum atomic E-state index is 10.8. The molecule has 1 aliphatic rings. The zero-order valence-corrected chi connectivity index (χ0v) is 15.3. The molecule has 1 heterocycles. The molecule has 7 heteroatoms. The number of phenolic OH excluding ortho intramolecular Hbond substituents is 1. The predicted octanol–water partition coefficient (Wildman–Crippen LogP) is 2.47. The lowest BCUT2D eigenvalue weighted by molar-refractivity contribution is 0.225. The van der Waals surface area contributed by atoms with Gasteiger partial charge in [-0.25, -0.2) is 4.79 Å². The van der Waals surface area contributed by atoms with Crippen LogP contribution in [0, 0.1) is 0 Å². The molecule has 0 saturated carbocycles. The van der Waals surface area contributed by atoms with Gasteiger partial charge in [-0.15, -0.1) is 0 Å². The summed E-state index contributed by atoms with van der Waals surface area (Å²) in [5.74, 6) is 1.08. The Balaban J connectivity index is 1.33. The Morgan fingerprint density at radius 1 is 1.04 bits per heavy atom. The van der Waals surface area contributed by atoms with Crippen molar-refractivity contribution in [3.05, 3.63) is 48.5 Å². The first kappa shape index (κ1) is 18.8.